The number of nitrogen functional groups attached to an aromatic ring is 1. The highest BCUT2D eigenvalue weighted by Gasteiger charge is 2.72. The zero-order valence-electron chi connectivity index (χ0n) is 11.5. The Bertz CT molecular complexity index is 732. The number of hydrogen-bond donors (Lipinski definition) is 4. The van der Waals surface area contributed by atoms with Crippen LogP contribution in [0.25, 0.3) is 11.2 Å². The number of aliphatic hydroxyl groups is 3. The summed E-state index contributed by atoms with van der Waals surface area (Å²) < 4.78 is 1.79. The second-order valence-electron chi connectivity index (χ2n) is 6.03. The number of nitrogens with two attached hydrogens (primary N) is 1. The van der Waals surface area contributed by atoms with Gasteiger partial charge in [-0.3, -0.25) is 0 Å². The van der Waals surface area contributed by atoms with E-state index >= 15 is 0 Å². The van der Waals surface area contributed by atoms with Crippen LogP contribution < -0.4 is 5.73 Å². The first-order valence-corrected chi connectivity index (χ1v) is 6.95. The Hall–Kier alpha value is -1.77. The van der Waals surface area contributed by atoms with Crippen LogP contribution in [0.15, 0.2) is 6.33 Å². The average Bonchev–Trinajstić information content (AvgIpc) is 2.94. The molecule has 2 fully saturated rings. The van der Waals surface area contributed by atoms with Crippen molar-refractivity contribution in [3.05, 3.63) is 12.2 Å². The van der Waals surface area contributed by atoms with Gasteiger partial charge in [-0.2, -0.15) is 0 Å². The molecule has 0 spiro atoms. The lowest BCUT2D eigenvalue weighted by Gasteiger charge is -2.24. The molecule has 0 radical (unpaired) electrons. The monoisotopic (exact) mass is 291 g/mol. The molecule has 8 heteroatoms. The van der Waals surface area contributed by atoms with Gasteiger partial charge in [-0.25, -0.2) is 15.0 Å². The van der Waals surface area contributed by atoms with Crippen molar-refractivity contribution < 1.29 is 15.3 Å². The van der Waals surface area contributed by atoms with Gasteiger partial charge in [0.1, 0.15) is 17.4 Å². The topological polar surface area (TPSA) is 130 Å². The van der Waals surface area contributed by atoms with E-state index in [0.717, 1.165) is 0 Å². The molecule has 5 unspecified atom stereocenters. The number of nitrogens with zero attached hydrogens (tertiary/aromatic N) is 4. The van der Waals surface area contributed by atoms with Crippen LogP contribution in [0.4, 0.5) is 5.82 Å². The lowest BCUT2D eigenvalue weighted by Crippen LogP contribution is -2.38. The van der Waals surface area contributed by atoms with Crippen molar-refractivity contribution in [1.82, 2.24) is 19.5 Å². The number of fused-ring (bicyclic) bond motifs is 2. The fraction of sp³-hybridized carbons (Fsp3) is 0.615. The molecule has 0 amide bonds. The number of aromatic nitrogens is 4. The maximum atomic E-state index is 10.4. The van der Waals surface area contributed by atoms with E-state index in [1.165, 1.54) is 0 Å². The fourth-order valence-electron chi connectivity index (χ4n) is 3.92. The van der Waals surface area contributed by atoms with Crippen LogP contribution in [0.2, 0.25) is 0 Å². The van der Waals surface area contributed by atoms with Crippen LogP contribution >= 0.6 is 0 Å². The van der Waals surface area contributed by atoms with Gasteiger partial charge in [-0.05, 0) is 19.3 Å². The van der Waals surface area contributed by atoms with Gasteiger partial charge in [0.15, 0.2) is 11.5 Å². The largest absolute Gasteiger partial charge is 0.396 e. The molecule has 5 atom stereocenters. The summed E-state index contributed by atoms with van der Waals surface area (Å²) in [5.74, 6) is 0.526. The van der Waals surface area contributed by atoms with Crippen LogP contribution in [0.3, 0.4) is 0 Å². The second kappa shape index (κ2) is 3.90. The summed E-state index contributed by atoms with van der Waals surface area (Å²) in [6.45, 7) is 1.60. The molecule has 5 N–H and O–H groups in total. The van der Waals surface area contributed by atoms with Crippen molar-refractivity contribution in [1.29, 1.82) is 0 Å². The first-order chi connectivity index (χ1) is 10.0. The Balaban J connectivity index is 1.89. The first kappa shape index (κ1) is 12.9. The summed E-state index contributed by atoms with van der Waals surface area (Å²) in [7, 11) is 0. The zero-order chi connectivity index (χ0) is 14.9. The van der Waals surface area contributed by atoms with E-state index in [9.17, 15) is 15.3 Å². The van der Waals surface area contributed by atoms with E-state index in [2.05, 4.69) is 15.0 Å². The van der Waals surface area contributed by atoms with Gasteiger partial charge < -0.3 is 25.6 Å². The molecule has 8 nitrogen and oxygen atoms in total. The summed E-state index contributed by atoms with van der Waals surface area (Å²) in [6.07, 6.45) is 0.385. The molecule has 2 aromatic rings. The molecule has 2 aromatic heterocycles. The second-order valence-corrected chi connectivity index (χ2v) is 6.03. The van der Waals surface area contributed by atoms with Crippen molar-refractivity contribution >= 4 is 17.0 Å². The first-order valence-electron chi connectivity index (χ1n) is 6.95. The zero-order valence-corrected chi connectivity index (χ0v) is 11.5. The van der Waals surface area contributed by atoms with Crippen molar-refractivity contribution in [2.45, 2.75) is 31.1 Å². The Labute approximate surface area is 120 Å². The van der Waals surface area contributed by atoms with Crippen LogP contribution in [0.1, 0.15) is 12.2 Å². The molecule has 112 valence electrons. The highest BCUT2D eigenvalue weighted by molar-refractivity contribution is 5.82. The summed E-state index contributed by atoms with van der Waals surface area (Å²) in [5, 5.41) is 30.0. The van der Waals surface area contributed by atoms with Gasteiger partial charge in [-0.15, -0.1) is 0 Å². The third-order valence-corrected chi connectivity index (χ3v) is 5.01. The van der Waals surface area contributed by atoms with Gasteiger partial charge in [-0.1, -0.05) is 0 Å². The fourth-order valence-corrected chi connectivity index (χ4v) is 3.92. The summed E-state index contributed by atoms with van der Waals surface area (Å²) in [5.41, 5.74) is 6.28. The maximum Gasteiger partial charge on any atom is 0.166 e. The number of aryl methyl sites for hydroxylation is 1. The quantitative estimate of drug-likeness (QED) is 0.545. The Morgan fingerprint density at radius 3 is 2.86 bits per heavy atom. The Morgan fingerprint density at radius 1 is 1.43 bits per heavy atom. The Kier molecular flexibility index (Phi) is 2.40. The van der Waals surface area contributed by atoms with E-state index in [1.807, 2.05) is 0 Å². The lowest BCUT2D eigenvalue weighted by atomic mass is 10.0. The molecule has 0 saturated heterocycles. The van der Waals surface area contributed by atoms with Gasteiger partial charge in [0.05, 0.1) is 18.0 Å². The van der Waals surface area contributed by atoms with Crippen molar-refractivity contribution in [2.24, 2.45) is 11.8 Å². The predicted molar refractivity (Wildman–Crippen MR) is 73.1 cm³/mol. The van der Waals surface area contributed by atoms with E-state index in [1.54, 1.807) is 17.8 Å². The van der Waals surface area contributed by atoms with Crippen LogP contribution in [-0.2, 0) is 5.54 Å². The summed E-state index contributed by atoms with van der Waals surface area (Å²) in [6, 6.07) is 0. The minimum absolute atomic E-state index is 0.0152. The standard InChI is InChI=1S/C13H17N5O3/c1-5-16-11(14)8-12(17-5)18(4-15-8)13-2-7(13)6(3-19)9(20)10(13)21/h4,6-7,9-10,19-21H,2-3H2,1H3,(H2,14,16,17). The molecule has 2 heterocycles. The number of imidazole rings is 1. The molecule has 4 rings (SSSR count). The Morgan fingerprint density at radius 2 is 2.19 bits per heavy atom. The summed E-state index contributed by atoms with van der Waals surface area (Å²) in [4.78, 5) is 12.7. The molecule has 21 heavy (non-hydrogen) atoms. The molecule has 2 aliphatic carbocycles. The summed E-state index contributed by atoms with van der Waals surface area (Å²) >= 11 is 0. The van der Waals surface area contributed by atoms with Gasteiger partial charge in [0, 0.05) is 12.5 Å². The van der Waals surface area contributed by atoms with Crippen LogP contribution in [0, 0.1) is 18.8 Å². The van der Waals surface area contributed by atoms with E-state index in [-0.39, 0.29) is 18.4 Å². The van der Waals surface area contributed by atoms with Crippen molar-refractivity contribution in [3.63, 3.8) is 0 Å². The smallest absolute Gasteiger partial charge is 0.166 e. The minimum atomic E-state index is -0.950. The molecule has 0 aromatic carbocycles. The third kappa shape index (κ3) is 1.42. The molecular formula is C13H17N5O3. The predicted octanol–water partition coefficient (Wildman–Crippen LogP) is -1.22. The number of aliphatic hydroxyl groups excluding tert-OH is 3. The molecule has 2 aliphatic rings. The normalized spacial score (nSPS) is 37.9. The van der Waals surface area contributed by atoms with Crippen molar-refractivity contribution in [3.8, 4) is 0 Å². The van der Waals surface area contributed by atoms with E-state index in [4.69, 9.17) is 5.73 Å². The number of hydrogen-bond acceptors (Lipinski definition) is 7. The van der Waals surface area contributed by atoms with Gasteiger partial charge >= 0.3 is 0 Å². The van der Waals surface area contributed by atoms with E-state index < -0.39 is 17.7 Å². The molecule has 0 bridgehead atoms. The minimum Gasteiger partial charge on any atom is -0.396 e. The third-order valence-electron chi connectivity index (χ3n) is 5.01. The molecule has 0 aliphatic heterocycles. The SMILES string of the molecule is Cc1nc(N)c2ncn(C34CC3C(CO)C(O)C4O)c2n1. The lowest BCUT2D eigenvalue weighted by molar-refractivity contribution is -0.0272. The van der Waals surface area contributed by atoms with E-state index in [0.29, 0.717) is 29.2 Å². The average molecular weight is 291 g/mol. The van der Waals surface area contributed by atoms with Crippen molar-refractivity contribution in [2.75, 3.05) is 12.3 Å². The molecular weight excluding hydrogens is 274 g/mol. The van der Waals surface area contributed by atoms with Gasteiger partial charge in [0.2, 0.25) is 0 Å². The van der Waals surface area contributed by atoms with Gasteiger partial charge in [0.25, 0.3) is 0 Å². The number of anilines is 1. The van der Waals surface area contributed by atoms with Crippen LogP contribution in [0.5, 0.6) is 0 Å². The maximum absolute atomic E-state index is 10.4. The molecule has 2 saturated carbocycles. The highest BCUT2D eigenvalue weighted by atomic mass is 16.3. The highest BCUT2D eigenvalue weighted by Crippen LogP contribution is 2.64. The number of rotatable bonds is 2. The van der Waals surface area contributed by atoms with Crippen LogP contribution in [-0.4, -0.2) is 53.7 Å².